The molecule has 2 nitrogen and oxygen atoms in total. The maximum Gasteiger partial charge on any atom is 0.111 e. The number of rotatable bonds is 3. The minimum atomic E-state index is 0.396. The molecule has 0 spiro atoms. The van der Waals surface area contributed by atoms with Gasteiger partial charge in [0.25, 0.3) is 0 Å². The molecule has 1 fully saturated rings. The molecule has 0 aromatic rings. The molecular weight excluding hydrogens is 146 g/mol. The summed E-state index contributed by atoms with van der Waals surface area (Å²) < 4.78 is 5.48. The molecule has 0 bridgehead atoms. The molecule has 0 N–H and O–H groups in total. The van der Waals surface area contributed by atoms with E-state index >= 15 is 0 Å². The van der Waals surface area contributed by atoms with Gasteiger partial charge in [0.1, 0.15) is 6.23 Å². The molecule has 10 heavy (non-hydrogen) atoms. The van der Waals surface area contributed by atoms with Crippen molar-refractivity contribution in [2.75, 3.05) is 32.2 Å². The highest BCUT2D eigenvalue weighted by Gasteiger charge is 2.20. The molecule has 1 rings (SSSR count). The first-order valence-electron chi connectivity index (χ1n) is 3.65. The topological polar surface area (TPSA) is 12.5 Å². The zero-order chi connectivity index (χ0) is 7.40. The molecule has 0 aromatic carbocycles. The third kappa shape index (κ3) is 2.15. The zero-order valence-electron chi connectivity index (χ0n) is 6.67. The molecule has 1 atom stereocenters. The van der Waals surface area contributed by atoms with E-state index < -0.39 is 0 Å². The summed E-state index contributed by atoms with van der Waals surface area (Å²) in [6.45, 7) is 2.01. The van der Waals surface area contributed by atoms with Gasteiger partial charge in [0.05, 0.1) is 6.61 Å². The molecule has 3 heteroatoms. The Kier molecular flexibility index (Phi) is 3.52. The Bertz CT molecular complexity index is 99.6. The van der Waals surface area contributed by atoms with Gasteiger partial charge in [-0.3, -0.25) is 4.90 Å². The Labute approximate surface area is 66.9 Å². The second kappa shape index (κ2) is 4.21. The van der Waals surface area contributed by atoms with Crippen LogP contribution >= 0.6 is 11.8 Å². The van der Waals surface area contributed by atoms with Crippen molar-refractivity contribution in [3.63, 3.8) is 0 Å². The van der Waals surface area contributed by atoms with Crippen LogP contribution in [0.5, 0.6) is 0 Å². The average molecular weight is 161 g/mol. The number of ether oxygens (including phenoxy) is 1. The molecule has 1 heterocycles. The molecule has 1 aliphatic rings. The molecule has 0 amide bonds. The third-order valence-electron chi connectivity index (χ3n) is 1.81. The Morgan fingerprint density at radius 3 is 3.00 bits per heavy atom. The molecule has 0 aliphatic carbocycles. The first-order valence-corrected chi connectivity index (χ1v) is 5.05. The maximum absolute atomic E-state index is 5.48. The fourth-order valence-electron chi connectivity index (χ4n) is 1.13. The van der Waals surface area contributed by atoms with Crippen LogP contribution in [0.1, 0.15) is 6.42 Å². The molecule has 1 aliphatic heterocycles. The monoisotopic (exact) mass is 161 g/mol. The van der Waals surface area contributed by atoms with Gasteiger partial charge in [-0.2, -0.15) is 11.8 Å². The quantitative estimate of drug-likeness (QED) is 0.613. The highest BCUT2D eigenvalue weighted by Crippen LogP contribution is 2.12. The fourth-order valence-corrected chi connectivity index (χ4v) is 1.56. The minimum absolute atomic E-state index is 0.396. The van der Waals surface area contributed by atoms with Crippen molar-refractivity contribution in [1.29, 1.82) is 0 Å². The van der Waals surface area contributed by atoms with Crippen LogP contribution in [0.2, 0.25) is 0 Å². The van der Waals surface area contributed by atoms with Crippen LogP contribution in [-0.2, 0) is 4.74 Å². The van der Waals surface area contributed by atoms with E-state index in [0.29, 0.717) is 6.23 Å². The summed E-state index contributed by atoms with van der Waals surface area (Å²) in [6.07, 6.45) is 3.69. The van der Waals surface area contributed by atoms with Crippen LogP contribution in [0.25, 0.3) is 0 Å². The predicted octanol–water partition coefficient (Wildman–Crippen LogP) is 1.03. The number of nitrogens with zero attached hydrogens (tertiary/aromatic N) is 1. The highest BCUT2D eigenvalue weighted by atomic mass is 32.2. The Morgan fingerprint density at radius 2 is 2.50 bits per heavy atom. The summed E-state index contributed by atoms with van der Waals surface area (Å²) >= 11 is 1.88. The van der Waals surface area contributed by atoms with Gasteiger partial charge >= 0.3 is 0 Å². The van der Waals surface area contributed by atoms with E-state index in [4.69, 9.17) is 4.74 Å². The van der Waals surface area contributed by atoms with Crippen LogP contribution in [-0.4, -0.2) is 43.3 Å². The van der Waals surface area contributed by atoms with E-state index in [-0.39, 0.29) is 0 Å². The van der Waals surface area contributed by atoms with E-state index in [9.17, 15) is 0 Å². The van der Waals surface area contributed by atoms with E-state index in [1.807, 2.05) is 11.8 Å². The summed E-state index contributed by atoms with van der Waals surface area (Å²) in [7, 11) is 2.12. The van der Waals surface area contributed by atoms with Gasteiger partial charge in [0.15, 0.2) is 0 Å². The van der Waals surface area contributed by atoms with Gasteiger partial charge in [-0.25, -0.2) is 0 Å². The van der Waals surface area contributed by atoms with Gasteiger partial charge in [-0.15, -0.1) is 0 Å². The van der Waals surface area contributed by atoms with Gasteiger partial charge < -0.3 is 4.74 Å². The standard InChI is InChI=1S/C7H15NOS/c1-8-4-5-9-7(8)3-6-10-2/h7H,3-6H2,1-2H3. The highest BCUT2D eigenvalue weighted by molar-refractivity contribution is 7.98. The van der Waals surface area contributed by atoms with Gasteiger partial charge in [0, 0.05) is 6.54 Å². The van der Waals surface area contributed by atoms with Crippen molar-refractivity contribution in [2.24, 2.45) is 0 Å². The molecule has 0 saturated carbocycles. The Balaban J connectivity index is 2.14. The Hall–Kier alpha value is 0.270. The van der Waals surface area contributed by atoms with Crippen LogP contribution in [0, 0.1) is 0 Å². The van der Waals surface area contributed by atoms with Crippen molar-refractivity contribution >= 4 is 11.8 Å². The van der Waals surface area contributed by atoms with Crippen molar-refractivity contribution in [1.82, 2.24) is 4.90 Å². The van der Waals surface area contributed by atoms with Crippen LogP contribution in [0.3, 0.4) is 0 Å². The second-order valence-electron chi connectivity index (χ2n) is 2.59. The maximum atomic E-state index is 5.48. The lowest BCUT2D eigenvalue weighted by atomic mass is 10.4. The zero-order valence-corrected chi connectivity index (χ0v) is 7.49. The van der Waals surface area contributed by atoms with E-state index in [1.165, 1.54) is 5.75 Å². The molecule has 1 unspecified atom stereocenters. The molecule has 0 radical (unpaired) electrons. The van der Waals surface area contributed by atoms with Crippen molar-refractivity contribution < 1.29 is 4.74 Å². The number of hydrogen-bond donors (Lipinski definition) is 0. The molecule has 0 aromatic heterocycles. The van der Waals surface area contributed by atoms with Crippen LogP contribution in [0.15, 0.2) is 0 Å². The van der Waals surface area contributed by atoms with Gasteiger partial charge in [-0.05, 0) is 25.5 Å². The SMILES string of the molecule is CSCCC1OCCN1C. The normalized spacial score (nSPS) is 27.6. The molecule has 60 valence electrons. The van der Waals surface area contributed by atoms with Gasteiger partial charge in [0.2, 0.25) is 0 Å². The summed E-state index contributed by atoms with van der Waals surface area (Å²) in [5.41, 5.74) is 0. The molecular formula is C7H15NOS. The average Bonchev–Trinajstić information content (AvgIpc) is 2.31. The van der Waals surface area contributed by atoms with Gasteiger partial charge in [-0.1, -0.05) is 0 Å². The van der Waals surface area contributed by atoms with E-state index in [1.54, 1.807) is 0 Å². The largest absolute Gasteiger partial charge is 0.362 e. The van der Waals surface area contributed by atoms with Crippen molar-refractivity contribution in [3.05, 3.63) is 0 Å². The third-order valence-corrected chi connectivity index (χ3v) is 2.46. The van der Waals surface area contributed by atoms with E-state index in [2.05, 4.69) is 18.2 Å². The first kappa shape index (κ1) is 8.37. The lowest BCUT2D eigenvalue weighted by Crippen LogP contribution is -2.26. The van der Waals surface area contributed by atoms with Crippen molar-refractivity contribution in [3.8, 4) is 0 Å². The predicted molar refractivity (Wildman–Crippen MR) is 45.4 cm³/mol. The lowest BCUT2D eigenvalue weighted by Gasteiger charge is -2.16. The number of thioether (sulfide) groups is 1. The Morgan fingerprint density at radius 1 is 1.70 bits per heavy atom. The summed E-state index contributed by atoms with van der Waals surface area (Å²) in [6, 6.07) is 0. The summed E-state index contributed by atoms with van der Waals surface area (Å²) in [4.78, 5) is 2.27. The number of hydrogen-bond acceptors (Lipinski definition) is 3. The van der Waals surface area contributed by atoms with Crippen LogP contribution in [0.4, 0.5) is 0 Å². The van der Waals surface area contributed by atoms with E-state index in [0.717, 1.165) is 19.6 Å². The lowest BCUT2D eigenvalue weighted by molar-refractivity contribution is 0.0444. The van der Waals surface area contributed by atoms with Crippen LogP contribution < -0.4 is 0 Å². The number of likely N-dealkylation sites (N-methyl/N-ethyl adjacent to an activating group) is 1. The summed E-state index contributed by atoms with van der Waals surface area (Å²) in [5, 5.41) is 0. The second-order valence-corrected chi connectivity index (χ2v) is 3.57. The fraction of sp³-hybridized carbons (Fsp3) is 1.00. The first-order chi connectivity index (χ1) is 4.84. The van der Waals surface area contributed by atoms with Crippen molar-refractivity contribution in [2.45, 2.75) is 12.6 Å². The summed E-state index contributed by atoms with van der Waals surface area (Å²) in [5.74, 6) is 1.20. The smallest absolute Gasteiger partial charge is 0.111 e. The molecule has 1 saturated heterocycles. The minimum Gasteiger partial charge on any atom is -0.362 e.